The van der Waals surface area contributed by atoms with Gasteiger partial charge >= 0.3 is 0 Å². The van der Waals surface area contributed by atoms with Crippen LogP contribution in [0.3, 0.4) is 0 Å². The van der Waals surface area contributed by atoms with Crippen LogP contribution >= 0.6 is 0 Å². The number of ether oxygens (including phenoxy) is 1. The number of hydrogen-bond donors (Lipinski definition) is 2. The Hall–Kier alpha value is -3.67. The number of para-hydroxylation sites is 1. The maximum Gasteiger partial charge on any atom is 0.276 e. The molecule has 3 rings (SSSR count). The highest BCUT2D eigenvalue weighted by Crippen LogP contribution is 2.21. The van der Waals surface area contributed by atoms with Gasteiger partial charge < -0.3 is 4.74 Å². The Kier molecular flexibility index (Phi) is 6.58. The monoisotopic (exact) mass is 392 g/mol. The number of carbonyl (C=O) groups is 2. The van der Waals surface area contributed by atoms with Gasteiger partial charge in [0.1, 0.15) is 11.6 Å². The summed E-state index contributed by atoms with van der Waals surface area (Å²) in [4.78, 5) is 24.2. The van der Waals surface area contributed by atoms with Crippen LogP contribution in [-0.2, 0) is 11.2 Å². The summed E-state index contributed by atoms with van der Waals surface area (Å²) in [5, 5.41) is 0. The molecule has 0 bridgehead atoms. The van der Waals surface area contributed by atoms with Crippen molar-refractivity contribution in [3.63, 3.8) is 0 Å². The first-order valence-corrected chi connectivity index (χ1v) is 9.13. The van der Waals surface area contributed by atoms with Gasteiger partial charge in [-0.15, -0.1) is 0 Å². The molecule has 0 aromatic heterocycles. The van der Waals surface area contributed by atoms with Crippen LogP contribution in [0.25, 0.3) is 0 Å². The lowest BCUT2D eigenvalue weighted by Gasteiger charge is -2.12. The molecule has 3 aromatic rings. The van der Waals surface area contributed by atoms with Crippen molar-refractivity contribution in [3.05, 3.63) is 101 Å². The largest absolute Gasteiger partial charge is 0.483 e. The first kappa shape index (κ1) is 20.1. The molecule has 29 heavy (non-hydrogen) atoms. The number of nitrogens with one attached hydrogen (secondary N) is 2. The average molecular weight is 392 g/mol. The van der Waals surface area contributed by atoms with Crippen molar-refractivity contribution in [2.45, 2.75) is 13.3 Å². The summed E-state index contributed by atoms with van der Waals surface area (Å²) < 4.78 is 19.0. The van der Waals surface area contributed by atoms with E-state index in [1.807, 2.05) is 48.5 Å². The van der Waals surface area contributed by atoms with Gasteiger partial charge in [-0.3, -0.25) is 20.4 Å². The third-order valence-corrected chi connectivity index (χ3v) is 4.33. The van der Waals surface area contributed by atoms with Crippen LogP contribution in [0, 0.1) is 12.7 Å². The first-order chi connectivity index (χ1) is 14.0. The molecule has 6 heteroatoms. The predicted molar refractivity (Wildman–Crippen MR) is 108 cm³/mol. The van der Waals surface area contributed by atoms with Gasteiger partial charge in [0.05, 0.1) is 0 Å². The fraction of sp³-hybridized carbons (Fsp3) is 0.130. The van der Waals surface area contributed by atoms with E-state index < -0.39 is 17.6 Å². The van der Waals surface area contributed by atoms with E-state index in [1.165, 1.54) is 12.1 Å². The number of halogens is 1. The fourth-order valence-corrected chi connectivity index (χ4v) is 2.82. The maximum atomic E-state index is 13.3. The number of rotatable bonds is 6. The summed E-state index contributed by atoms with van der Waals surface area (Å²) in [6.07, 6.45) is 0.675. The van der Waals surface area contributed by atoms with Gasteiger partial charge in [0, 0.05) is 12.0 Å². The Bertz CT molecular complexity index is 1010. The molecule has 5 nitrogen and oxygen atoms in total. The van der Waals surface area contributed by atoms with Crippen molar-refractivity contribution in [2.24, 2.45) is 0 Å². The molecule has 0 saturated heterocycles. The van der Waals surface area contributed by atoms with Gasteiger partial charge in [-0.1, -0.05) is 54.6 Å². The Balaban J connectivity index is 1.54. The fourth-order valence-electron chi connectivity index (χ4n) is 2.82. The van der Waals surface area contributed by atoms with Crippen LogP contribution in [-0.4, -0.2) is 18.4 Å². The molecule has 2 amide bonds. The summed E-state index contributed by atoms with van der Waals surface area (Å²) >= 11 is 0. The molecule has 0 heterocycles. The number of hydrazine groups is 1. The standard InChI is InChI=1S/C23H21FN2O3/c1-16-11-12-19(24)14-20(16)23(28)26-25-22(27)15-29-21-10-6-5-9-18(21)13-17-7-3-2-4-8-17/h2-12,14H,13,15H2,1H3,(H,25,27)(H,26,28). The lowest BCUT2D eigenvalue weighted by molar-refractivity contribution is -0.123. The molecular weight excluding hydrogens is 371 g/mol. The van der Waals surface area contributed by atoms with E-state index in [0.29, 0.717) is 17.7 Å². The predicted octanol–water partition coefficient (Wildman–Crippen LogP) is 3.56. The highest BCUT2D eigenvalue weighted by Gasteiger charge is 2.12. The van der Waals surface area contributed by atoms with Gasteiger partial charge in [0.15, 0.2) is 6.61 Å². The third-order valence-electron chi connectivity index (χ3n) is 4.33. The van der Waals surface area contributed by atoms with E-state index in [4.69, 9.17) is 4.74 Å². The van der Waals surface area contributed by atoms with E-state index in [-0.39, 0.29) is 12.2 Å². The molecule has 0 spiro atoms. The van der Waals surface area contributed by atoms with Gasteiger partial charge in [-0.05, 0) is 41.8 Å². The van der Waals surface area contributed by atoms with Crippen molar-refractivity contribution < 1.29 is 18.7 Å². The molecule has 0 fully saturated rings. The summed E-state index contributed by atoms with van der Waals surface area (Å²) in [6, 6.07) is 21.3. The van der Waals surface area contributed by atoms with E-state index in [2.05, 4.69) is 10.9 Å². The minimum Gasteiger partial charge on any atom is -0.483 e. The Morgan fingerprint density at radius 2 is 1.66 bits per heavy atom. The van der Waals surface area contributed by atoms with Crippen molar-refractivity contribution in [3.8, 4) is 5.75 Å². The quantitative estimate of drug-likeness (QED) is 0.631. The lowest BCUT2D eigenvalue weighted by Crippen LogP contribution is -2.44. The maximum absolute atomic E-state index is 13.3. The first-order valence-electron chi connectivity index (χ1n) is 9.13. The number of aryl methyl sites for hydroxylation is 1. The number of hydrogen-bond acceptors (Lipinski definition) is 3. The van der Waals surface area contributed by atoms with Crippen LogP contribution in [0.2, 0.25) is 0 Å². The second-order valence-corrected chi connectivity index (χ2v) is 6.52. The smallest absolute Gasteiger partial charge is 0.276 e. The topological polar surface area (TPSA) is 67.4 Å². The minimum atomic E-state index is -0.597. The van der Waals surface area contributed by atoms with Crippen LogP contribution in [0.1, 0.15) is 27.0 Å². The van der Waals surface area contributed by atoms with Gasteiger partial charge in [0.25, 0.3) is 11.8 Å². The molecule has 0 saturated carbocycles. The molecule has 0 atom stereocenters. The van der Waals surface area contributed by atoms with Crippen molar-refractivity contribution in [1.82, 2.24) is 10.9 Å². The van der Waals surface area contributed by atoms with Gasteiger partial charge in [0.2, 0.25) is 0 Å². The Morgan fingerprint density at radius 3 is 2.45 bits per heavy atom. The summed E-state index contributed by atoms with van der Waals surface area (Å²) in [6.45, 7) is 1.41. The van der Waals surface area contributed by atoms with Gasteiger partial charge in [-0.25, -0.2) is 4.39 Å². The van der Waals surface area contributed by atoms with Crippen LogP contribution in [0.15, 0.2) is 72.8 Å². The highest BCUT2D eigenvalue weighted by molar-refractivity contribution is 5.96. The zero-order chi connectivity index (χ0) is 20.6. The zero-order valence-corrected chi connectivity index (χ0v) is 15.9. The highest BCUT2D eigenvalue weighted by atomic mass is 19.1. The van der Waals surface area contributed by atoms with Crippen LogP contribution in [0.5, 0.6) is 5.75 Å². The third kappa shape index (κ3) is 5.65. The zero-order valence-electron chi connectivity index (χ0n) is 15.9. The van der Waals surface area contributed by atoms with E-state index in [1.54, 1.807) is 13.0 Å². The molecule has 0 radical (unpaired) electrons. The molecule has 0 aliphatic carbocycles. The van der Waals surface area contributed by atoms with Crippen LogP contribution in [0.4, 0.5) is 4.39 Å². The van der Waals surface area contributed by atoms with E-state index >= 15 is 0 Å². The lowest BCUT2D eigenvalue weighted by atomic mass is 10.0. The molecule has 2 N–H and O–H groups in total. The summed E-state index contributed by atoms with van der Waals surface area (Å²) in [7, 11) is 0. The molecule has 3 aromatic carbocycles. The Labute approximate surface area is 168 Å². The Morgan fingerprint density at radius 1 is 0.931 bits per heavy atom. The second kappa shape index (κ2) is 9.50. The van der Waals surface area contributed by atoms with E-state index in [9.17, 15) is 14.0 Å². The van der Waals surface area contributed by atoms with Gasteiger partial charge in [-0.2, -0.15) is 0 Å². The summed E-state index contributed by atoms with van der Waals surface area (Å²) in [5.74, 6) is -1.05. The van der Waals surface area contributed by atoms with Crippen molar-refractivity contribution in [1.29, 1.82) is 0 Å². The number of amides is 2. The number of carbonyl (C=O) groups excluding carboxylic acids is 2. The SMILES string of the molecule is Cc1ccc(F)cc1C(=O)NNC(=O)COc1ccccc1Cc1ccccc1. The second-order valence-electron chi connectivity index (χ2n) is 6.52. The van der Waals surface area contributed by atoms with E-state index in [0.717, 1.165) is 17.2 Å². The number of benzene rings is 3. The van der Waals surface area contributed by atoms with Crippen molar-refractivity contribution in [2.75, 3.05) is 6.61 Å². The molecule has 0 unspecified atom stereocenters. The molecule has 0 aliphatic heterocycles. The molecule has 148 valence electrons. The molecule has 0 aliphatic rings. The van der Waals surface area contributed by atoms with Crippen LogP contribution < -0.4 is 15.6 Å². The molecular formula is C23H21FN2O3. The summed E-state index contributed by atoms with van der Waals surface area (Å²) in [5.41, 5.74) is 7.39. The van der Waals surface area contributed by atoms with Crippen molar-refractivity contribution >= 4 is 11.8 Å². The average Bonchev–Trinajstić information content (AvgIpc) is 2.74. The minimum absolute atomic E-state index is 0.152. The normalized spacial score (nSPS) is 10.3.